The molecule has 0 spiro atoms. The lowest BCUT2D eigenvalue weighted by molar-refractivity contribution is -0.136. The van der Waals surface area contributed by atoms with Gasteiger partial charge in [0.25, 0.3) is 0 Å². The van der Waals surface area contributed by atoms with Gasteiger partial charge in [0.1, 0.15) is 0 Å². The standard InChI is InChI=1S/C17H16O3S2/c1-12(18)21-11-22-16-5-3-2-4-15(16)14-8-6-13(7-9-14)10-17(19)20/h2-9H,10-11H2,1H3,(H,19,20). The van der Waals surface area contributed by atoms with E-state index >= 15 is 0 Å². The van der Waals surface area contributed by atoms with E-state index in [0.29, 0.717) is 5.08 Å². The molecule has 0 bridgehead atoms. The van der Waals surface area contributed by atoms with Gasteiger partial charge in [-0.05, 0) is 22.8 Å². The van der Waals surface area contributed by atoms with Crippen molar-refractivity contribution in [2.45, 2.75) is 18.2 Å². The fourth-order valence-electron chi connectivity index (χ4n) is 1.98. The summed E-state index contributed by atoms with van der Waals surface area (Å²) in [6, 6.07) is 15.6. The first-order valence-electron chi connectivity index (χ1n) is 6.72. The predicted octanol–water partition coefficient (Wildman–Crippen LogP) is 4.31. The largest absolute Gasteiger partial charge is 0.481 e. The van der Waals surface area contributed by atoms with Gasteiger partial charge in [-0.15, -0.1) is 11.8 Å². The first kappa shape index (κ1) is 16.6. The van der Waals surface area contributed by atoms with E-state index in [1.54, 1.807) is 18.7 Å². The molecule has 22 heavy (non-hydrogen) atoms. The van der Waals surface area contributed by atoms with Crippen molar-refractivity contribution >= 4 is 34.6 Å². The van der Waals surface area contributed by atoms with Gasteiger partial charge in [-0.3, -0.25) is 9.59 Å². The molecule has 0 fully saturated rings. The SMILES string of the molecule is CC(=O)SCSc1ccccc1-c1ccc(CC(=O)O)cc1. The molecule has 2 rings (SSSR count). The van der Waals surface area contributed by atoms with Crippen molar-refractivity contribution in [2.24, 2.45) is 0 Å². The van der Waals surface area contributed by atoms with E-state index in [-0.39, 0.29) is 11.5 Å². The maximum absolute atomic E-state index is 11.0. The maximum Gasteiger partial charge on any atom is 0.307 e. The molecule has 0 aliphatic rings. The fraction of sp³-hybridized carbons (Fsp3) is 0.176. The Bertz CT molecular complexity index is 666. The van der Waals surface area contributed by atoms with Gasteiger partial charge in [0, 0.05) is 11.8 Å². The van der Waals surface area contributed by atoms with Crippen LogP contribution in [0, 0.1) is 0 Å². The Labute approximate surface area is 138 Å². The molecule has 0 aliphatic heterocycles. The van der Waals surface area contributed by atoms with Gasteiger partial charge in [-0.1, -0.05) is 54.2 Å². The lowest BCUT2D eigenvalue weighted by Gasteiger charge is -2.09. The molecule has 0 amide bonds. The molecule has 0 saturated carbocycles. The third-order valence-electron chi connectivity index (χ3n) is 2.98. The zero-order valence-electron chi connectivity index (χ0n) is 12.1. The van der Waals surface area contributed by atoms with Crippen LogP contribution in [0.25, 0.3) is 11.1 Å². The van der Waals surface area contributed by atoms with E-state index < -0.39 is 5.97 Å². The number of carboxylic acids is 1. The van der Waals surface area contributed by atoms with Crippen LogP contribution in [0.5, 0.6) is 0 Å². The second-order valence-corrected chi connectivity index (χ2v) is 7.20. The number of aliphatic carboxylic acids is 1. The molecule has 0 unspecified atom stereocenters. The van der Waals surface area contributed by atoms with Crippen LogP contribution in [0.15, 0.2) is 53.4 Å². The molecule has 3 nitrogen and oxygen atoms in total. The maximum atomic E-state index is 11.0. The fourth-order valence-corrected chi connectivity index (χ4v) is 3.91. The van der Waals surface area contributed by atoms with Crippen LogP contribution in [-0.4, -0.2) is 21.3 Å². The highest BCUT2D eigenvalue weighted by Gasteiger charge is 2.07. The van der Waals surface area contributed by atoms with Crippen LogP contribution < -0.4 is 0 Å². The normalized spacial score (nSPS) is 10.4. The summed E-state index contributed by atoms with van der Waals surface area (Å²) in [5.74, 6) is -0.829. The molecule has 1 N–H and O–H groups in total. The Hall–Kier alpha value is -1.72. The number of thioether (sulfide) groups is 2. The molecule has 2 aromatic carbocycles. The number of rotatable bonds is 6. The monoisotopic (exact) mass is 332 g/mol. The van der Waals surface area contributed by atoms with Gasteiger partial charge < -0.3 is 5.11 Å². The Morgan fingerprint density at radius 2 is 1.73 bits per heavy atom. The van der Waals surface area contributed by atoms with Crippen LogP contribution >= 0.6 is 23.5 Å². The van der Waals surface area contributed by atoms with Crippen molar-refractivity contribution in [1.82, 2.24) is 0 Å². The van der Waals surface area contributed by atoms with Gasteiger partial charge in [0.05, 0.1) is 11.5 Å². The molecule has 0 radical (unpaired) electrons. The second kappa shape index (κ2) is 8.06. The molecule has 5 heteroatoms. The Kier molecular flexibility index (Phi) is 6.10. The molecule has 0 aliphatic carbocycles. The molecule has 0 atom stereocenters. The lowest BCUT2D eigenvalue weighted by atomic mass is 10.0. The summed E-state index contributed by atoms with van der Waals surface area (Å²) < 4.78 is 0. The summed E-state index contributed by atoms with van der Waals surface area (Å²) >= 11 is 2.93. The highest BCUT2D eigenvalue weighted by Crippen LogP contribution is 2.33. The predicted molar refractivity (Wildman–Crippen MR) is 92.2 cm³/mol. The van der Waals surface area contributed by atoms with Gasteiger partial charge >= 0.3 is 5.97 Å². The highest BCUT2D eigenvalue weighted by molar-refractivity contribution is 8.23. The first-order chi connectivity index (χ1) is 10.6. The van der Waals surface area contributed by atoms with E-state index in [4.69, 9.17) is 5.11 Å². The van der Waals surface area contributed by atoms with Crippen LogP contribution in [0.1, 0.15) is 12.5 Å². The smallest absolute Gasteiger partial charge is 0.307 e. The van der Waals surface area contributed by atoms with E-state index in [1.165, 1.54) is 11.8 Å². The zero-order chi connectivity index (χ0) is 15.9. The zero-order valence-corrected chi connectivity index (χ0v) is 13.7. The van der Waals surface area contributed by atoms with Crippen molar-refractivity contribution in [3.05, 3.63) is 54.1 Å². The summed E-state index contributed by atoms with van der Waals surface area (Å²) in [6.07, 6.45) is 0.0337. The lowest BCUT2D eigenvalue weighted by Crippen LogP contribution is -1.99. The number of carbonyl (C=O) groups excluding carboxylic acids is 1. The highest BCUT2D eigenvalue weighted by atomic mass is 32.2. The van der Waals surface area contributed by atoms with Gasteiger partial charge in [-0.2, -0.15) is 0 Å². The van der Waals surface area contributed by atoms with Crippen molar-refractivity contribution < 1.29 is 14.7 Å². The minimum atomic E-state index is -0.829. The van der Waals surface area contributed by atoms with E-state index in [9.17, 15) is 9.59 Å². The van der Waals surface area contributed by atoms with Gasteiger partial charge in [0.2, 0.25) is 0 Å². The minimum Gasteiger partial charge on any atom is -0.481 e. The van der Waals surface area contributed by atoms with Crippen molar-refractivity contribution in [2.75, 3.05) is 5.08 Å². The average molecular weight is 332 g/mol. The average Bonchev–Trinajstić information content (AvgIpc) is 2.48. The van der Waals surface area contributed by atoms with Crippen molar-refractivity contribution in [3.63, 3.8) is 0 Å². The van der Waals surface area contributed by atoms with E-state index in [1.807, 2.05) is 48.5 Å². The second-order valence-electron chi connectivity index (χ2n) is 4.66. The van der Waals surface area contributed by atoms with E-state index in [0.717, 1.165) is 21.6 Å². The molecule has 2 aromatic rings. The van der Waals surface area contributed by atoms with Crippen LogP contribution in [0.3, 0.4) is 0 Å². The topological polar surface area (TPSA) is 54.4 Å². The van der Waals surface area contributed by atoms with Crippen LogP contribution in [0.2, 0.25) is 0 Å². The van der Waals surface area contributed by atoms with Crippen molar-refractivity contribution in [1.29, 1.82) is 0 Å². The Morgan fingerprint density at radius 1 is 1.05 bits per heavy atom. The summed E-state index contributed by atoms with van der Waals surface area (Å²) in [5, 5.41) is 9.60. The summed E-state index contributed by atoms with van der Waals surface area (Å²) in [6.45, 7) is 1.57. The quantitative estimate of drug-likeness (QED) is 0.631. The third kappa shape index (κ3) is 4.93. The number of benzene rings is 2. The molecule has 0 heterocycles. The van der Waals surface area contributed by atoms with Gasteiger partial charge in [0.15, 0.2) is 5.12 Å². The van der Waals surface area contributed by atoms with Gasteiger partial charge in [-0.25, -0.2) is 0 Å². The Morgan fingerprint density at radius 3 is 2.36 bits per heavy atom. The van der Waals surface area contributed by atoms with E-state index in [2.05, 4.69) is 0 Å². The third-order valence-corrected chi connectivity index (χ3v) is 5.00. The number of carboxylic acid groups (broad SMARTS) is 1. The number of hydrogen-bond acceptors (Lipinski definition) is 4. The minimum absolute atomic E-state index is 0.0337. The summed E-state index contributed by atoms with van der Waals surface area (Å²) in [5.41, 5.74) is 2.93. The molecule has 114 valence electrons. The first-order valence-corrected chi connectivity index (χ1v) is 8.69. The molecular formula is C17H16O3S2. The van der Waals surface area contributed by atoms with Crippen LogP contribution in [-0.2, 0) is 16.0 Å². The van der Waals surface area contributed by atoms with Crippen LogP contribution in [0.4, 0.5) is 0 Å². The number of hydrogen-bond donors (Lipinski definition) is 1. The molecular weight excluding hydrogens is 316 g/mol. The molecule has 0 saturated heterocycles. The Balaban J connectivity index is 2.17. The number of carbonyl (C=O) groups is 2. The molecule has 0 aromatic heterocycles. The summed E-state index contributed by atoms with van der Waals surface area (Å²) in [4.78, 5) is 22.8. The summed E-state index contributed by atoms with van der Waals surface area (Å²) in [7, 11) is 0. The van der Waals surface area contributed by atoms with Crippen molar-refractivity contribution in [3.8, 4) is 11.1 Å².